The largest absolute Gasteiger partial charge is 0.452 e. The van der Waals surface area contributed by atoms with Crippen LogP contribution in [0, 0.1) is 10.8 Å². The van der Waals surface area contributed by atoms with E-state index in [1.165, 1.54) is 6.92 Å². The maximum Gasteiger partial charge on any atom is 0.296 e. The number of ether oxygens (including phenoxy) is 1. The highest BCUT2D eigenvalue weighted by Gasteiger charge is 2.23. The lowest BCUT2D eigenvalue weighted by molar-refractivity contribution is -0.124. The summed E-state index contributed by atoms with van der Waals surface area (Å²) < 4.78 is 5.38. The topological polar surface area (TPSA) is 140 Å². The van der Waals surface area contributed by atoms with Crippen LogP contribution in [0.3, 0.4) is 0 Å². The monoisotopic (exact) mass is 453 g/mol. The summed E-state index contributed by atoms with van der Waals surface area (Å²) in [5.74, 6) is -1.51. The number of imidazole rings is 1. The van der Waals surface area contributed by atoms with Gasteiger partial charge in [-0.05, 0) is 43.4 Å². The van der Waals surface area contributed by atoms with Gasteiger partial charge >= 0.3 is 0 Å². The Kier molecular flexibility index (Phi) is 6.00. The molecule has 0 saturated carbocycles. The average molecular weight is 454 g/mol. The molecule has 3 N–H and O–H groups in total. The van der Waals surface area contributed by atoms with E-state index in [1.807, 2.05) is 30.3 Å². The number of primary amides is 1. The first kappa shape index (κ1) is 21.6. The van der Waals surface area contributed by atoms with Crippen LogP contribution in [0.15, 0.2) is 41.6 Å². The van der Waals surface area contributed by atoms with Gasteiger partial charge in [0, 0.05) is 16.7 Å². The smallest absolute Gasteiger partial charge is 0.296 e. The second-order valence-corrected chi connectivity index (χ2v) is 8.01. The van der Waals surface area contributed by atoms with Gasteiger partial charge in [0.05, 0.1) is 16.2 Å². The number of aromatic amines is 1. The van der Waals surface area contributed by atoms with E-state index in [0.717, 1.165) is 16.7 Å². The third-order valence-corrected chi connectivity index (χ3v) is 5.76. The fourth-order valence-electron chi connectivity index (χ4n) is 3.62. The predicted molar refractivity (Wildman–Crippen MR) is 120 cm³/mol. The van der Waals surface area contributed by atoms with Crippen molar-refractivity contribution in [1.29, 1.82) is 0 Å². The lowest BCUT2D eigenvalue weighted by Crippen LogP contribution is -2.30. The van der Waals surface area contributed by atoms with Crippen LogP contribution >= 0.6 is 11.6 Å². The number of rotatable bonds is 6. The minimum atomic E-state index is -0.838. The number of nitrogens with two attached hydrogens (primary N) is 1. The summed E-state index contributed by atoms with van der Waals surface area (Å²) in [6.45, 7) is 1.53. The molecule has 1 aliphatic rings. The molecule has 1 aromatic carbocycles. The molecule has 1 aliphatic carbocycles. The molecule has 2 atom stereocenters. The Bertz CT molecular complexity index is 1240. The van der Waals surface area contributed by atoms with E-state index in [0.29, 0.717) is 41.1 Å². The molecule has 2 heterocycles. The summed E-state index contributed by atoms with van der Waals surface area (Å²) in [6, 6.07) is 9.60. The number of fused-ring (bicyclic) bond motifs is 1. The maximum atomic E-state index is 11.5. The van der Waals surface area contributed by atoms with Crippen LogP contribution in [0.5, 0.6) is 6.01 Å². The van der Waals surface area contributed by atoms with Crippen molar-refractivity contribution in [1.82, 2.24) is 15.0 Å². The molecule has 10 heteroatoms. The van der Waals surface area contributed by atoms with Gasteiger partial charge in [0.15, 0.2) is 11.8 Å². The van der Waals surface area contributed by atoms with Gasteiger partial charge in [0.25, 0.3) is 17.8 Å². The number of halogens is 1. The van der Waals surface area contributed by atoms with Crippen molar-refractivity contribution in [2.45, 2.75) is 32.3 Å². The Morgan fingerprint density at radius 1 is 1.25 bits per heavy atom. The van der Waals surface area contributed by atoms with E-state index < -0.39 is 17.9 Å². The molecular formula is C22H20ClN5O4. The van der Waals surface area contributed by atoms with Crippen LogP contribution in [0.4, 0.5) is 0 Å². The highest BCUT2D eigenvalue weighted by atomic mass is 35.5. The van der Waals surface area contributed by atoms with E-state index in [-0.39, 0.29) is 11.9 Å². The van der Waals surface area contributed by atoms with Crippen molar-refractivity contribution in [2.24, 2.45) is 16.8 Å². The number of aromatic nitrogens is 3. The van der Waals surface area contributed by atoms with E-state index in [9.17, 15) is 14.5 Å². The van der Waals surface area contributed by atoms with Crippen LogP contribution < -0.4 is 10.5 Å². The maximum absolute atomic E-state index is 11.5. The van der Waals surface area contributed by atoms with Gasteiger partial charge in [0.2, 0.25) is 0 Å². The first-order valence-corrected chi connectivity index (χ1v) is 10.4. The number of hydrogen-bond donors (Lipinski definition) is 2. The fraction of sp³-hybridized carbons (Fsp3) is 0.273. The first-order chi connectivity index (χ1) is 15.4. The van der Waals surface area contributed by atoms with Crippen LogP contribution in [-0.4, -0.2) is 32.9 Å². The second-order valence-electron chi connectivity index (χ2n) is 7.60. The Labute approximate surface area is 188 Å². The average Bonchev–Trinajstić information content (AvgIpc) is 3.19. The molecular weight excluding hydrogens is 434 g/mol. The quantitative estimate of drug-likeness (QED) is 0.540. The molecule has 32 heavy (non-hydrogen) atoms. The summed E-state index contributed by atoms with van der Waals surface area (Å²) in [6.07, 6.45) is 2.98. The Balaban J connectivity index is 1.56. The molecule has 9 nitrogen and oxygen atoms in total. The Hall–Kier alpha value is -3.59. The molecule has 3 aromatic rings. The van der Waals surface area contributed by atoms with Crippen LogP contribution in [0.1, 0.15) is 31.7 Å². The summed E-state index contributed by atoms with van der Waals surface area (Å²) >= 11 is 6.45. The number of hydrogen-bond acceptors (Lipinski definition) is 6. The van der Waals surface area contributed by atoms with Crippen molar-refractivity contribution in [3.63, 3.8) is 0 Å². The molecule has 0 saturated heterocycles. The zero-order valence-electron chi connectivity index (χ0n) is 17.2. The summed E-state index contributed by atoms with van der Waals surface area (Å²) in [5.41, 5.74) is 9.72. The van der Waals surface area contributed by atoms with Gasteiger partial charge in [-0.3, -0.25) is 9.59 Å². The molecule has 164 valence electrons. The summed E-state index contributed by atoms with van der Waals surface area (Å²) in [4.78, 5) is 44.8. The Morgan fingerprint density at radius 2 is 1.97 bits per heavy atom. The van der Waals surface area contributed by atoms with Crippen molar-refractivity contribution >= 4 is 40.2 Å². The standard InChI is InChI=1S/C22H20ClN5O4/c1-11(19(24)29)32-22-25-17-10-16(23)18(26-20(17)27-22)14-6-2-12(3-7-14)13-4-8-15(9-5-13)21(30)28-31/h2-4,6-7,10-11,15H,5,8-9H2,1H3,(H2,24,29)(H,25,26,27). The van der Waals surface area contributed by atoms with Gasteiger partial charge < -0.3 is 15.5 Å². The summed E-state index contributed by atoms with van der Waals surface area (Å²) in [7, 11) is 0. The Morgan fingerprint density at radius 3 is 2.59 bits per heavy atom. The minimum absolute atomic E-state index is 0.133. The minimum Gasteiger partial charge on any atom is -0.452 e. The first-order valence-electron chi connectivity index (χ1n) is 10.0. The number of nitrogens with zero attached hydrogens (tertiary/aromatic N) is 3. The summed E-state index contributed by atoms with van der Waals surface area (Å²) in [5, 5.41) is 2.97. The number of H-pyrrole nitrogens is 1. The lowest BCUT2D eigenvalue weighted by Gasteiger charge is -2.18. The van der Waals surface area contributed by atoms with Crippen LogP contribution in [-0.2, 0) is 9.59 Å². The number of carbonyl (C=O) groups excluding carboxylic acids is 2. The SMILES string of the molecule is CC(Oc1nc2nc(-c3ccc(C4=CCC(C(=O)N=O)CC4)cc3)c(Cl)cc2[nH]1)C(N)=O. The van der Waals surface area contributed by atoms with E-state index in [2.05, 4.69) is 20.1 Å². The molecule has 0 radical (unpaired) electrons. The zero-order chi connectivity index (χ0) is 22.8. The van der Waals surface area contributed by atoms with Crippen molar-refractivity contribution in [3.05, 3.63) is 51.9 Å². The molecule has 0 spiro atoms. The highest BCUT2D eigenvalue weighted by Crippen LogP contribution is 2.34. The van der Waals surface area contributed by atoms with Crippen molar-refractivity contribution in [3.8, 4) is 17.3 Å². The number of benzene rings is 1. The number of allylic oxidation sites excluding steroid dienone is 2. The normalized spacial score (nSPS) is 16.9. The van der Waals surface area contributed by atoms with Crippen molar-refractivity contribution < 1.29 is 14.3 Å². The highest BCUT2D eigenvalue weighted by molar-refractivity contribution is 6.33. The number of nitroso groups, excluding NO2 is 1. The number of pyridine rings is 1. The molecule has 4 rings (SSSR count). The lowest BCUT2D eigenvalue weighted by atomic mass is 9.86. The van der Waals surface area contributed by atoms with Crippen molar-refractivity contribution in [2.75, 3.05) is 0 Å². The van der Waals surface area contributed by atoms with Crippen LogP contribution in [0.2, 0.25) is 5.02 Å². The predicted octanol–water partition coefficient (Wildman–Crippen LogP) is 4.01. The molecule has 2 amide bonds. The van der Waals surface area contributed by atoms with Gasteiger partial charge in [-0.15, -0.1) is 4.91 Å². The molecule has 0 aliphatic heterocycles. The van der Waals surface area contributed by atoms with Gasteiger partial charge in [-0.1, -0.05) is 41.9 Å². The molecule has 2 aromatic heterocycles. The number of nitrogens with one attached hydrogen (secondary N) is 1. The number of carbonyl (C=O) groups is 2. The van der Waals surface area contributed by atoms with Gasteiger partial charge in [0.1, 0.15) is 0 Å². The molecule has 0 bridgehead atoms. The van der Waals surface area contributed by atoms with E-state index >= 15 is 0 Å². The second kappa shape index (κ2) is 8.88. The van der Waals surface area contributed by atoms with E-state index in [4.69, 9.17) is 22.1 Å². The third kappa shape index (κ3) is 4.38. The zero-order valence-corrected chi connectivity index (χ0v) is 17.9. The fourth-order valence-corrected chi connectivity index (χ4v) is 3.88. The van der Waals surface area contributed by atoms with Gasteiger partial charge in [-0.2, -0.15) is 4.98 Å². The third-order valence-electron chi connectivity index (χ3n) is 5.47. The molecule has 2 unspecified atom stereocenters. The number of amides is 2. The molecule has 0 fully saturated rings. The van der Waals surface area contributed by atoms with E-state index in [1.54, 1.807) is 6.07 Å². The van der Waals surface area contributed by atoms with Crippen LogP contribution in [0.25, 0.3) is 28.0 Å². The van der Waals surface area contributed by atoms with Gasteiger partial charge in [-0.25, -0.2) is 4.98 Å².